The first kappa shape index (κ1) is 12.5. The van der Waals surface area contributed by atoms with E-state index in [4.69, 9.17) is 10.3 Å². The van der Waals surface area contributed by atoms with E-state index in [0.717, 1.165) is 6.20 Å². The monoisotopic (exact) mass is 279 g/mol. The number of halogens is 3. The van der Waals surface area contributed by atoms with Gasteiger partial charge in [0.25, 0.3) is 0 Å². The molecule has 0 aliphatic carbocycles. The molecule has 0 atom stereocenters. The number of nitrogens with zero attached hydrogens (tertiary/aromatic N) is 2. The fourth-order valence-corrected chi connectivity index (χ4v) is 2.04. The lowest BCUT2D eigenvalue weighted by Gasteiger charge is -2.10. The van der Waals surface area contributed by atoms with Crippen LogP contribution in [0.1, 0.15) is 5.56 Å². The molecule has 0 saturated carbocycles. The number of hydrogen-bond acceptors (Lipinski definition) is 4. The molecule has 1 aromatic carbocycles. The number of hydrogen-bond donors (Lipinski definition) is 1. The van der Waals surface area contributed by atoms with Gasteiger partial charge < -0.3 is 10.3 Å². The molecule has 3 rings (SSSR count). The standard InChI is InChI=1S/C13H8F3N3O/c14-13(15,16)11-6-18-4-8-3-7(1-2-9(8)11)10-5-19-20-12(10)17/h1-6H,17H2. The summed E-state index contributed by atoms with van der Waals surface area (Å²) in [7, 11) is 0. The second kappa shape index (κ2) is 4.22. The Bertz CT molecular complexity index is 780. The van der Waals surface area contributed by atoms with Crippen molar-refractivity contribution < 1.29 is 17.7 Å². The number of rotatable bonds is 1. The number of fused-ring (bicyclic) bond motifs is 1. The van der Waals surface area contributed by atoms with Crippen LogP contribution in [0.25, 0.3) is 21.9 Å². The van der Waals surface area contributed by atoms with Crippen LogP contribution in [0.3, 0.4) is 0 Å². The summed E-state index contributed by atoms with van der Waals surface area (Å²) < 4.78 is 43.4. The lowest BCUT2D eigenvalue weighted by atomic mass is 10.0. The normalized spacial score (nSPS) is 11.9. The van der Waals surface area contributed by atoms with Crippen molar-refractivity contribution in [1.29, 1.82) is 0 Å². The number of alkyl halides is 3. The van der Waals surface area contributed by atoms with E-state index in [1.807, 2.05) is 0 Å². The molecular formula is C13H8F3N3O. The summed E-state index contributed by atoms with van der Waals surface area (Å²) in [6, 6.07) is 4.50. The smallest absolute Gasteiger partial charge is 0.367 e. The maximum Gasteiger partial charge on any atom is 0.418 e. The van der Waals surface area contributed by atoms with Crippen LogP contribution in [0, 0.1) is 0 Å². The zero-order valence-electron chi connectivity index (χ0n) is 9.98. The van der Waals surface area contributed by atoms with Gasteiger partial charge in [-0.05, 0) is 17.0 Å². The Morgan fingerprint density at radius 2 is 1.90 bits per heavy atom. The summed E-state index contributed by atoms with van der Waals surface area (Å²) in [5, 5.41) is 4.00. The number of benzene rings is 1. The fraction of sp³-hybridized carbons (Fsp3) is 0.0769. The van der Waals surface area contributed by atoms with Crippen LogP contribution in [-0.2, 0) is 6.18 Å². The number of aromatic nitrogens is 2. The lowest BCUT2D eigenvalue weighted by Crippen LogP contribution is -2.06. The minimum Gasteiger partial charge on any atom is -0.367 e. The molecule has 4 nitrogen and oxygen atoms in total. The molecule has 0 spiro atoms. The summed E-state index contributed by atoms with van der Waals surface area (Å²) >= 11 is 0. The van der Waals surface area contributed by atoms with E-state index in [1.54, 1.807) is 12.1 Å². The maximum atomic E-state index is 12.9. The molecule has 20 heavy (non-hydrogen) atoms. The lowest BCUT2D eigenvalue weighted by molar-refractivity contribution is -0.136. The van der Waals surface area contributed by atoms with E-state index in [9.17, 15) is 13.2 Å². The molecule has 7 heteroatoms. The zero-order chi connectivity index (χ0) is 14.3. The maximum absolute atomic E-state index is 12.9. The predicted molar refractivity (Wildman–Crippen MR) is 66.7 cm³/mol. The van der Waals surface area contributed by atoms with Crippen LogP contribution in [0.5, 0.6) is 0 Å². The highest BCUT2D eigenvalue weighted by molar-refractivity contribution is 5.90. The van der Waals surface area contributed by atoms with Gasteiger partial charge in [0.05, 0.1) is 17.3 Å². The third kappa shape index (κ3) is 1.97. The minimum atomic E-state index is -4.44. The highest BCUT2D eigenvalue weighted by atomic mass is 19.4. The molecule has 2 aromatic heterocycles. The van der Waals surface area contributed by atoms with Crippen LogP contribution in [-0.4, -0.2) is 10.1 Å². The van der Waals surface area contributed by atoms with Gasteiger partial charge in [-0.25, -0.2) is 0 Å². The van der Waals surface area contributed by atoms with Crippen molar-refractivity contribution in [2.45, 2.75) is 6.18 Å². The second-order valence-corrected chi connectivity index (χ2v) is 4.22. The summed E-state index contributed by atoms with van der Waals surface area (Å²) in [5.74, 6) is 0.115. The number of nitrogen functional groups attached to an aromatic ring is 1. The Balaban J connectivity index is 2.21. The highest BCUT2D eigenvalue weighted by Crippen LogP contribution is 2.36. The first-order valence-electron chi connectivity index (χ1n) is 5.62. The van der Waals surface area contributed by atoms with Crippen LogP contribution < -0.4 is 5.73 Å². The second-order valence-electron chi connectivity index (χ2n) is 4.22. The van der Waals surface area contributed by atoms with Crippen LogP contribution in [0.15, 0.2) is 41.3 Å². The van der Waals surface area contributed by atoms with Crippen LogP contribution in [0.4, 0.5) is 19.1 Å². The third-order valence-corrected chi connectivity index (χ3v) is 2.97. The molecule has 2 N–H and O–H groups in total. The summed E-state index contributed by atoms with van der Waals surface area (Å²) in [6.45, 7) is 0. The van der Waals surface area contributed by atoms with Crippen molar-refractivity contribution in [1.82, 2.24) is 10.1 Å². The Morgan fingerprint density at radius 1 is 1.10 bits per heavy atom. The molecule has 0 bridgehead atoms. The van der Waals surface area contributed by atoms with Crippen molar-refractivity contribution in [2.75, 3.05) is 5.73 Å². The van der Waals surface area contributed by atoms with Gasteiger partial charge in [0.2, 0.25) is 5.88 Å². The molecule has 0 saturated heterocycles. The minimum absolute atomic E-state index is 0.0891. The number of pyridine rings is 1. The predicted octanol–water partition coefficient (Wildman–Crippen LogP) is 3.49. The van der Waals surface area contributed by atoms with Crippen LogP contribution in [0.2, 0.25) is 0 Å². The number of nitrogens with two attached hydrogens (primary N) is 1. The largest absolute Gasteiger partial charge is 0.418 e. The van der Waals surface area contributed by atoms with Gasteiger partial charge in [0.15, 0.2) is 0 Å². The molecule has 0 amide bonds. The Labute approximate surface area is 111 Å². The van der Waals surface area contributed by atoms with Gasteiger partial charge in [-0.2, -0.15) is 13.2 Å². The van der Waals surface area contributed by atoms with Crippen molar-refractivity contribution in [3.8, 4) is 11.1 Å². The van der Waals surface area contributed by atoms with Gasteiger partial charge in [-0.3, -0.25) is 4.98 Å². The quantitative estimate of drug-likeness (QED) is 0.740. The average molecular weight is 279 g/mol. The van der Waals surface area contributed by atoms with Crippen molar-refractivity contribution in [3.63, 3.8) is 0 Å². The average Bonchev–Trinajstić information content (AvgIpc) is 2.82. The topological polar surface area (TPSA) is 64.9 Å². The summed E-state index contributed by atoms with van der Waals surface area (Å²) in [5.41, 5.74) is 5.98. The van der Waals surface area contributed by atoms with Crippen LogP contribution >= 0.6 is 0 Å². The summed E-state index contributed by atoms with van der Waals surface area (Å²) in [6.07, 6.45) is -0.838. The molecule has 0 aliphatic rings. The molecule has 0 unspecified atom stereocenters. The van der Waals surface area contributed by atoms with E-state index in [2.05, 4.69) is 10.1 Å². The van der Waals surface area contributed by atoms with Crippen molar-refractivity contribution in [3.05, 3.63) is 42.4 Å². The van der Waals surface area contributed by atoms with Gasteiger partial charge in [-0.1, -0.05) is 17.3 Å². The van der Waals surface area contributed by atoms with E-state index < -0.39 is 11.7 Å². The van der Waals surface area contributed by atoms with Gasteiger partial charge >= 0.3 is 6.18 Å². The van der Waals surface area contributed by atoms with E-state index in [0.29, 0.717) is 16.5 Å². The van der Waals surface area contributed by atoms with Gasteiger partial charge in [0.1, 0.15) is 0 Å². The highest BCUT2D eigenvalue weighted by Gasteiger charge is 2.32. The molecular weight excluding hydrogens is 271 g/mol. The molecule has 2 heterocycles. The fourth-order valence-electron chi connectivity index (χ4n) is 2.04. The van der Waals surface area contributed by atoms with Crippen molar-refractivity contribution in [2.24, 2.45) is 0 Å². The molecule has 0 radical (unpaired) electrons. The summed E-state index contributed by atoms with van der Waals surface area (Å²) in [4.78, 5) is 3.63. The zero-order valence-corrected chi connectivity index (χ0v) is 9.98. The van der Waals surface area contributed by atoms with Gasteiger partial charge in [0, 0.05) is 17.8 Å². The van der Waals surface area contributed by atoms with E-state index >= 15 is 0 Å². The Hall–Kier alpha value is -2.57. The Kier molecular flexibility index (Phi) is 2.63. The third-order valence-electron chi connectivity index (χ3n) is 2.97. The molecule has 102 valence electrons. The molecule has 0 aliphatic heterocycles. The first-order valence-corrected chi connectivity index (χ1v) is 5.62. The Morgan fingerprint density at radius 3 is 2.55 bits per heavy atom. The van der Waals surface area contributed by atoms with Gasteiger partial charge in [-0.15, -0.1) is 0 Å². The molecule has 3 aromatic rings. The van der Waals surface area contributed by atoms with E-state index in [1.165, 1.54) is 18.5 Å². The van der Waals surface area contributed by atoms with Crippen molar-refractivity contribution >= 4 is 16.7 Å². The first-order chi connectivity index (χ1) is 9.47. The number of anilines is 1. The SMILES string of the molecule is Nc1oncc1-c1ccc2c(C(F)(F)F)cncc2c1. The van der Waals surface area contributed by atoms with E-state index in [-0.39, 0.29) is 11.3 Å². The molecule has 0 fully saturated rings.